The molecular weight excluding hydrogens is 424 g/mol. The number of aryl methyl sites for hydroxylation is 3. The van der Waals surface area contributed by atoms with Crippen molar-refractivity contribution in [1.29, 1.82) is 0 Å². The van der Waals surface area contributed by atoms with Crippen LogP contribution in [0.2, 0.25) is 0 Å². The zero-order valence-corrected chi connectivity index (χ0v) is 19.5. The number of carbonyl (C=O) groups excluding carboxylic acids is 1. The minimum atomic E-state index is -0.198. The highest BCUT2D eigenvalue weighted by Gasteiger charge is 2.17. The number of hydrogen-bond donors (Lipinski definition) is 1. The summed E-state index contributed by atoms with van der Waals surface area (Å²) in [5.74, 6) is 0.330. The molecule has 34 heavy (non-hydrogen) atoms. The van der Waals surface area contributed by atoms with Gasteiger partial charge in [0.15, 0.2) is 11.5 Å². The molecule has 3 aromatic heterocycles. The van der Waals surface area contributed by atoms with Gasteiger partial charge in [0.05, 0.1) is 12.2 Å². The molecule has 0 unspecified atom stereocenters. The van der Waals surface area contributed by atoms with Crippen LogP contribution in [0.3, 0.4) is 0 Å². The summed E-state index contributed by atoms with van der Waals surface area (Å²) in [5.41, 5.74) is 7.03. The number of benzene rings is 2. The molecule has 2 aromatic carbocycles. The van der Waals surface area contributed by atoms with E-state index < -0.39 is 0 Å². The summed E-state index contributed by atoms with van der Waals surface area (Å²) in [4.78, 5) is 17.4. The van der Waals surface area contributed by atoms with Crippen LogP contribution in [0.25, 0.3) is 22.2 Å². The van der Waals surface area contributed by atoms with Crippen LogP contribution in [-0.2, 0) is 17.9 Å². The third-order valence-electron chi connectivity index (χ3n) is 5.89. The van der Waals surface area contributed by atoms with Crippen LogP contribution in [0.15, 0.2) is 72.9 Å². The number of pyridine rings is 1. The molecule has 170 valence electrons. The quantitative estimate of drug-likeness (QED) is 0.399. The first-order valence-corrected chi connectivity index (χ1v) is 11.3. The minimum Gasteiger partial charge on any atom is -0.308 e. The highest BCUT2D eigenvalue weighted by Crippen LogP contribution is 2.30. The molecule has 5 aromatic rings. The first-order valence-electron chi connectivity index (χ1n) is 11.3. The predicted molar refractivity (Wildman–Crippen MR) is 134 cm³/mol. The van der Waals surface area contributed by atoms with Gasteiger partial charge in [-0.25, -0.2) is 9.67 Å². The van der Waals surface area contributed by atoms with Gasteiger partial charge < -0.3 is 5.32 Å². The predicted octanol–water partition coefficient (Wildman–Crippen LogP) is 4.91. The number of nitrogens with zero attached hydrogens (tertiary/aromatic N) is 5. The Bertz CT molecular complexity index is 1460. The Kier molecular flexibility index (Phi) is 5.67. The van der Waals surface area contributed by atoms with Gasteiger partial charge in [-0.1, -0.05) is 60.2 Å². The number of aromatic nitrogens is 5. The van der Waals surface area contributed by atoms with Crippen LogP contribution >= 0.6 is 0 Å². The second kappa shape index (κ2) is 8.94. The molecule has 0 radical (unpaired) electrons. The molecular formula is C27H26N6O. The molecule has 0 spiro atoms. The minimum absolute atomic E-state index is 0.0548. The fourth-order valence-corrected chi connectivity index (χ4v) is 4.17. The van der Waals surface area contributed by atoms with Crippen LogP contribution in [0.1, 0.15) is 22.5 Å². The van der Waals surface area contributed by atoms with E-state index in [1.807, 2.05) is 48.9 Å². The third kappa shape index (κ3) is 4.32. The molecule has 0 atom stereocenters. The summed E-state index contributed by atoms with van der Waals surface area (Å²) in [7, 11) is 0. The van der Waals surface area contributed by atoms with Crippen molar-refractivity contribution in [3.05, 3.63) is 95.4 Å². The third-order valence-corrected chi connectivity index (χ3v) is 5.89. The normalized spacial score (nSPS) is 11.1. The molecule has 0 fully saturated rings. The summed E-state index contributed by atoms with van der Waals surface area (Å²) >= 11 is 0. The fourth-order valence-electron chi connectivity index (χ4n) is 4.17. The number of rotatable bonds is 6. The molecule has 0 saturated carbocycles. The maximum atomic E-state index is 12.9. The van der Waals surface area contributed by atoms with Crippen molar-refractivity contribution in [2.75, 3.05) is 5.32 Å². The monoisotopic (exact) mass is 450 g/mol. The second-order valence-corrected chi connectivity index (χ2v) is 8.53. The van der Waals surface area contributed by atoms with Gasteiger partial charge in [-0.3, -0.25) is 9.48 Å². The molecule has 5 rings (SSSR count). The maximum Gasteiger partial charge on any atom is 0.247 e. The number of hydrogen-bond acceptors (Lipinski definition) is 4. The second-order valence-electron chi connectivity index (χ2n) is 8.53. The smallest absolute Gasteiger partial charge is 0.247 e. The lowest BCUT2D eigenvalue weighted by atomic mass is 10.0. The van der Waals surface area contributed by atoms with E-state index in [-0.39, 0.29) is 12.5 Å². The van der Waals surface area contributed by atoms with E-state index in [1.165, 1.54) is 5.56 Å². The molecule has 0 aliphatic heterocycles. The lowest BCUT2D eigenvalue weighted by molar-refractivity contribution is -0.116. The van der Waals surface area contributed by atoms with Crippen molar-refractivity contribution in [2.45, 2.75) is 33.9 Å². The summed E-state index contributed by atoms with van der Waals surface area (Å²) in [6.45, 7) is 6.70. The highest BCUT2D eigenvalue weighted by molar-refractivity contribution is 5.96. The van der Waals surface area contributed by atoms with E-state index in [1.54, 1.807) is 10.9 Å². The van der Waals surface area contributed by atoms with Crippen molar-refractivity contribution in [2.24, 2.45) is 0 Å². The largest absolute Gasteiger partial charge is 0.308 e. The first kappa shape index (κ1) is 21.6. The number of fused-ring (bicyclic) bond motifs is 1. The van der Waals surface area contributed by atoms with Crippen LogP contribution in [0.4, 0.5) is 5.82 Å². The number of carbonyl (C=O) groups is 1. The van der Waals surface area contributed by atoms with Crippen LogP contribution in [0.5, 0.6) is 0 Å². The number of anilines is 1. The Morgan fingerprint density at radius 2 is 1.68 bits per heavy atom. The van der Waals surface area contributed by atoms with Crippen LogP contribution in [-0.4, -0.2) is 30.5 Å². The lowest BCUT2D eigenvalue weighted by Crippen LogP contribution is -2.20. The molecule has 0 aliphatic carbocycles. The molecule has 1 amide bonds. The SMILES string of the molecule is Cc1ccc(-c2ccnc3c2c(C)nn3CC(=O)Nc2cc(C)n(Cc3ccccc3)n2)cc1. The molecule has 7 nitrogen and oxygen atoms in total. The Balaban J connectivity index is 1.36. The standard InChI is InChI=1S/C27H26N6O/c1-18-9-11-22(12-10-18)23-13-14-28-27-26(23)20(3)30-33(27)17-25(34)29-24-15-19(2)32(31-24)16-21-7-5-4-6-8-21/h4-15H,16-17H2,1-3H3,(H,29,31,34). The number of amides is 1. The van der Waals surface area contributed by atoms with Crippen molar-refractivity contribution in [3.63, 3.8) is 0 Å². The van der Waals surface area contributed by atoms with Gasteiger partial charge in [0.2, 0.25) is 5.91 Å². The van der Waals surface area contributed by atoms with Crippen molar-refractivity contribution in [3.8, 4) is 11.1 Å². The summed E-state index contributed by atoms with van der Waals surface area (Å²) in [5, 5.41) is 13.0. The molecule has 7 heteroatoms. The zero-order valence-electron chi connectivity index (χ0n) is 19.5. The molecule has 0 saturated heterocycles. The van der Waals surface area contributed by atoms with E-state index in [0.717, 1.165) is 33.5 Å². The zero-order chi connectivity index (χ0) is 23.7. The van der Waals surface area contributed by atoms with Crippen molar-refractivity contribution >= 4 is 22.8 Å². The van der Waals surface area contributed by atoms with E-state index in [0.29, 0.717) is 18.0 Å². The van der Waals surface area contributed by atoms with E-state index in [4.69, 9.17) is 0 Å². The molecule has 0 bridgehead atoms. The van der Waals surface area contributed by atoms with Gasteiger partial charge in [-0.15, -0.1) is 0 Å². The van der Waals surface area contributed by atoms with Gasteiger partial charge in [0.25, 0.3) is 0 Å². The van der Waals surface area contributed by atoms with Crippen molar-refractivity contribution < 1.29 is 4.79 Å². The van der Waals surface area contributed by atoms with Gasteiger partial charge in [0, 0.05) is 23.3 Å². The molecule has 0 aliphatic rings. The lowest BCUT2D eigenvalue weighted by Gasteiger charge is -2.06. The maximum absolute atomic E-state index is 12.9. The summed E-state index contributed by atoms with van der Waals surface area (Å²) in [6, 6.07) is 22.4. The van der Waals surface area contributed by atoms with Crippen molar-refractivity contribution in [1.82, 2.24) is 24.5 Å². The Hall–Kier alpha value is -4.26. The molecule has 1 N–H and O–H groups in total. The van der Waals surface area contributed by atoms with Crippen LogP contribution < -0.4 is 5.32 Å². The Morgan fingerprint density at radius 3 is 2.44 bits per heavy atom. The fraction of sp³-hybridized carbons (Fsp3) is 0.185. The Morgan fingerprint density at radius 1 is 0.912 bits per heavy atom. The highest BCUT2D eigenvalue weighted by atomic mass is 16.2. The van der Waals surface area contributed by atoms with Gasteiger partial charge in [-0.2, -0.15) is 10.2 Å². The summed E-state index contributed by atoms with van der Waals surface area (Å²) < 4.78 is 3.54. The van der Waals surface area contributed by atoms with Gasteiger partial charge in [0.1, 0.15) is 6.54 Å². The average Bonchev–Trinajstić information content (AvgIpc) is 3.33. The number of nitrogens with one attached hydrogen (secondary N) is 1. The molecule has 3 heterocycles. The van der Waals surface area contributed by atoms with E-state index >= 15 is 0 Å². The van der Waals surface area contributed by atoms with Gasteiger partial charge >= 0.3 is 0 Å². The van der Waals surface area contributed by atoms with Gasteiger partial charge in [-0.05, 0) is 43.5 Å². The first-order chi connectivity index (χ1) is 16.5. The van der Waals surface area contributed by atoms with E-state index in [2.05, 4.69) is 63.8 Å². The Labute approximate surface area is 198 Å². The summed E-state index contributed by atoms with van der Waals surface area (Å²) in [6.07, 6.45) is 1.77. The van der Waals surface area contributed by atoms with Crippen LogP contribution in [0, 0.1) is 20.8 Å². The van der Waals surface area contributed by atoms with E-state index in [9.17, 15) is 4.79 Å². The average molecular weight is 451 g/mol. The topological polar surface area (TPSA) is 77.6 Å².